The number of hydrogen-bond acceptors (Lipinski definition) is 9. The number of hydrogen-bond donors (Lipinski definition) is 4. The molecule has 0 radical (unpaired) electrons. The number of aryl methyl sites for hydroxylation is 2. The Balaban J connectivity index is 1.21. The molecule has 4 N–H and O–H groups in total. The topological polar surface area (TPSA) is 144 Å². The first kappa shape index (κ1) is 26.9. The van der Waals surface area contributed by atoms with Crippen molar-refractivity contribution in [2.75, 3.05) is 42.9 Å². The van der Waals surface area contributed by atoms with Crippen molar-refractivity contribution in [1.82, 2.24) is 39.4 Å². The molecule has 1 aliphatic rings. The summed E-state index contributed by atoms with van der Waals surface area (Å²) in [6.07, 6.45) is 4.51. The molecule has 212 valence electrons. The molecule has 0 aliphatic carbocycles. The van der Waals surface area contributed by atoms with Gasteiger partial charge in [0, 0.05) is 63.4 Å². The molecule has 1 aromatic carbocycles. The number of aromatic amines is 2. The van der Waals surface area contributed by atoms with Crippen molar-refractivity contribution in [3.8, 4) is 11.4 Å². The van der Waals surface area contributed by atoms with Crippen molar-refractivity contribution >= 4 is 34.4 Å². The van der Waals surface area contributed by atoms with Crippen molar-refractivity contribution in [3.63, 3.8) is 0 Å². The fourth-order valence-corrected chi connectivity index (χ4v) is 5.24. The van der Waals surface area contributed by atoms with Gasteiger partial charge in [-0.05, 0) is 30.7 Å². The molecular weight excluding hydrogens is 544 g/mol. The fourth-order valence-electron chi connectivity index (χ4n) is 5.04. The van der Waals surface area contributed by atoms with E-state index in [2.05, 4.69) is 30.1 Å². The minimum atomic E-state index is -0.823. The highest BCUT2D eigenvalue weighted by atomic mass is 35.5. The first-order valence-electron chi connectivity index (χ1n) is 13.4. The van der Waals surface area contributed by atoms with Gasteiger partial charge in [-0.25, -0.2) is 15.0 Å². The van der Waals surface area contributed by atoms with E-state index < -0.39 is 6.10 Å². The SMILES string of the molecule is Cc1nc(N2CCN(Cc3nccn3C)CC2)nc2nc(-c3c(NC[C@@H](O)c4cccc(Cl)c4)cc[nH]c3=O)[nH]c12. The van der Waals surface area contributed by atoms with Crippen LogP contribution in [0.2, 0.25) is 5.02 Å². The number of fused-ring (bicyclic) bond motifs is 1. The molecule has 6 rings (SSSR count). The van der Waals surface area contributed by atoms with E-state index in [1.54, 1.807) is 36.5 Å². The van der Waals surface area contributed by atoms with Crippen LogP contribution in [0.25, 0.3) is 22.6 Å². The van der Waals surface area contributed by atoms with Crippen LogP contribution >= 0.6 is 11.6 Å². The number of pyridine rings is 1. The maximum Gasteiger partial charge on any atom is 0.261 e. The smallest absolute Gasteiger partial charge is 0.261 e. The van der Waals surface area contributed by atoms with E-state index in [-0.39, 0.29) is 12.1 Å². The Kier molecular flexibility index (Phi) is 7.43. The standard InChI is InChI=1S/C28H31ClN10O2/c1-17-24-26(36-28(33-17)39-12-10-38(11-13-39)16-22-30-8-9-37(22)2)35-25(34-24)23-20(6-7-31-27(23)41)32-15-21(40)18-4-3-5-19(29)14-18/h3-9,14,21,40H,10-13,15-16H2,1-2H3,(H2,31,32,41)(H,33,34,35,36)/t21-/m1/s1. The molecule has 1 saturated heterocycles. The third-order valence-corrected chi connectivity index (χ3v) is 7.61. The second kappa shape index (κ2) is 11.3. The molecule has 5 aromatic rings. The number of aliphatic hydroxyl groups excluding tert-OH is 1. The van der Waals surface area contributed by atoms with E-state index in [9.17, 15) is 9.90 Å². The molecule has 13 heteroatoms. The number of rotatable bonds is 8. The van der Waals surface area contributed by atoms with Crippen LogP contribution in [0, 0.1) is 6.92 Å². The van der Waals surface area contributed by atoms with Gasteiger partial charge >= 0.3 is 0 Å². The summed E-state index contributed by atoms with van der Waals surface area (Å²) in [6.45, 7) is 6.19. The second-order valence-corrected chi connectivity index (χ2v) is 10.6. The van der Waals surface area contributed by atoms with Crippen LogP contribution in [-0.4, -0.2) is 77.2 Å². The summed E-state index contributed by atoms with van der Waals surface area (Å²) in [5.41, 5.74) is 3.13. The van der Waals surface area contributed by atoms with E-state index in [1.165, 1.54) is 0 Å². The van der Waals surface area contributed by atoms with E-state index in [0.717, 1.165) is 44.2 Å². The van der Waals surface area contributed by atoms with Gasteiger partial charge in [-0.15, -0.1) is 0 Å². The Hall–Kier alpha value is -4.26. The Morgan fingerprint density at radius 2 is 1.98 bits per heavy atom. The molecule has 0 unspecified atom stereocenters. The minimum absolute atomic E-state index is 0.173. The predicted octanol–water partition coefficient (Wildman–Crippen LogP) is 2.87. The second-order valence-electron chi connectivity index (χ2n) is 10.2. The zero-order valence-corrected chi connectivity index (χ0v) is 23.6. The van der Waals surface area contributed by atoms with Gasteiger partial charge < -0.3 is 29.9 Å². The Morgan fingerprint density at radius 3 is 2.73 bits per heavy atom. The van der Waals surface area contributed by atoms with Crippen molar-refractivity contribution in [3.05, 3.63) is 81.4 Å². The molecular formula is C28H31ClN10O2. The third kappa shape index (κ3) is 5.67. The first-order chi connectivity index (χ1) is 19.9. The van der Waals surface area contributed by atoms with Crippen molar-refractivity contribution < 1.29 is 5.11 Å². The lowest BCUT2D eigenvalue weighted by atomic mass is 10.1. The number of nitrogens with one attached hydrogen (secondary N) is 3. The zero-order chi connectivity index (χ0) is 28.5. The van der Waals surface area contributed by atoms with Crippen LogP contribution in [0.3, 0.4) is 0 Å². The number of halogens is 1. The summed E-state index contributed by atoms with van der Waals surface area (Å²) in [6, 6.07) is 8.79. The molecule has 4 aromatic heterocycles. The van der Waals surface area contributed by atoms with E-state index in [0.29, 0.717) is 44.8 Å². The highest BCUT2D eigenvalue weighted by Crippen LogP contribution is 2.27. The maximum absolute atomic E-state index is 13.0. The average Bonchev–Trinajstić information content (AvgIpc) is 3.58. The summed E-state index contributed by atoms with van der Waals surface area (Å²) in [5, 5.41) is 14.4. The summed E-state index contributed by atoms with van der Waals surface area (Å²) < 4.78 is 2.04. The molecule has 1 aliphatic heterocycles. The quantitative estimate of drug-likeness (QED) is 0.220. The summed E-state index contributed by atoms with van der Waals surface area (Å²) in [4.78, 5) is 42.1. The summed E-state index contributed by atoms with van der Waals surface area (Å²) >= 11 is 6.07. The fraction of sp³-hybridized carbons (Fsp3) is 0.321. The number of H-pyrrole nitrogens is 2. The van der Waals surface area contributed by atoms with Crippen LogP contribution in [-0.2, 0) is 13.6 Å². The minimum Gasteiger partial charge on any atom is -0.387 e. The van der Waals surface area contributed by atoms with Gasteiger partial charge in [-0.3, -0.25) is 9.69 Å². The van der Waals surface area contributed by atoms with Gasteiger partial charge in [0.15, 0.2) is 5.65 Å². The lowest BCUT2D eigenvalue weighted by Crippen LogP contribution is -2.46. The van der Waals surface area contributed by atoms with Gasteiger partial charge in [0.25, 0.3) is 5.56 Å². The number of piperazine rings is 1. The molecule has 0 bridgehead atoms. The van der Waals surface area contributed by atoms with E-state index >= 15 is 0 Å². The van der Waals surface area contributed by atoms with Gasteiger partial charge in [0.1, 0.15) is 22.7 Å². The van der Waals surface area contributed by atoms with E-state index in [4.69, 9.17) is 26.6 Å². The van der Waals surface area contributed by atoms with Crippen molar-refractivity contribution in [2.45, 2.75) is 19.6 Å². The number of nitrogens with zero attached hydrogens (tertiary/aromatic N) is 7. The first-order valence-corrected chi connectivity index (χ1v) is 13.8. The largest absolute Gasteiger partial charge is 0.387 e. The number of aliphatic hydroxyl groups is 1. The van der Waals surface area contributed by atoms with Gasteiger partial charge in [-0.1, -0.05) is 23.7 Å². The lowest BCUT2D eigenvalue weighted by Gasteiger charge is -2.34. The number of aromatic nitrogens is 7. The Labute approximate surface area is 241 Å². The Morgan fingerprint density at radius 1 is 1.15 bits per heavy atom. The van der Waals surface area contributed by atoms with Crippen LogP contribution in [0.15, 0.2) is 53.7 Å². The molecule has 0 amide bonds. The normalized spacial score (nSPS) is 15.0. The average molecular weight is 575 g/mol. The van der Waals surface area contributed by atoms with E-state index in [1.807, 2.05) is 30.9 Å². The molecule has 0 spiro atoms. The number of anilines is 2. The Bertz CT molecular complexity index is 1740. The molecule has 1 atom stereocenters. The highest BCUT2D eigenvalue weighted by molar-refractivity contribution is 6.30. The molecule has 1 fully saturated rings. The van der Waals surface area contributed by atoms with Crippen LogP contribution < -0.4 is 15.8 Å². The van der Waals surface area contributed by atoms with Crippen molar-refractivity contribution in [2.24, 2.45) is 7.05 Å². The molecule has 12 nitrogen and oxygen atoms in total. The summed E-state index contributed by atoms with van der Waals surface area (Å²) in [5.74, 6) is 2.03. The summed E-state index contributed by atoms with van der Waals surface area (Å²) in [7, 11) is 2.01. The zero-order valence-electron chi connectivity index (χ0n) is 22.8. The highest BCUT2D eigenvalue weighted by Gasteiger charge is 2.23. The van der Waals surface area contributed by atoms with Crippen LogP contribution in [0.1, 0.15) is 23.2 Å². The molecule has 5 heterocycles. The van der Waals surface area contributed by atoms with Gasteiger partial charge in [-0.2, -0.15) is 4.98 Å². The van der Waals surface area contributed by atoms with Gasteiger partial charge in [0.2, 0.25) is 5.95 Å². The predicted molar refractivity (Wildman–Crippen MR) is 158 cm³/mol. The van der Waals surface area contributed by atoms with Crippen LogP contribution in [0.4, 0.5) is 11.6 Å². The lowest BCUT2D eigenvalue weighted by molar-refractivity contribution is 0.191. The number of imidazole rings is 2. The maximum atomic E-state index is 13.0. The van der Waals surface area contributed by atoms with Crippen molar-refractivity contribution in [1.29, 1.82) is 0 Å². The monoisotopic (exact) mass is 574 g/mol. The third-order valence-electron chi connectivity index (χ3n) is 7.38. The molecule has 41 heavy (non-hydrogen) atoms. The molecule has 0 saturated carbocycles. The van der Waals surface area contributed by atoms with Crippen LogP contribution in [0.5, 0.6) is 0 Å². The number of benzene rings is 1. The van der Waals surface area contributed by atoms with Gasteiger partial charge in [0.05, 0.1) is 24.0 Å².